The first kappa shape index (κ1) is 17.0. The van der Waals surface area contributed by atoms with Crippen molar-refractivity contribution in [2.24, 2.45) is 0 Å². The third-order valence-corrected chi connectivity index (χ3v) is 3.91. The number of likely N-dealkylation sites (N-methyl/N-ethyl adjacent to an activating group) is 1. The van der Waals surface area contributed by atoms with Crippen LogP contribution >= 0.6 is 0 Å². The minimum atomic E-state index is 0.580. The number of hydrogen-bond donors (Lipinski definition) is 1. The van der Waals surface area contributed by atoms with Crippen LogP contribution in [0.2, 0.25) is 0 Å². The summed E-state index contributed by atoms with van der Waals surface area (Å²) in [5.41, 5.74) is 3.17. The molecule has 6 heteroatoms. The Bertz CT molecular complexity index is 789. The third kappa shape index (κ3) is 4.36. The number of rotatable bonds is 8. The Morgan fingerprint density at radius 3 is 2.68 bits per heavy atom. The summed E-state index contributed by atoms with van der Waals surface area (Å²) in [6.07, 6.45) is 5.46. The topological polar surface area (TPSA) is 63.3 Å². The van der Waals surface area contributed by atoms with Crippen molar-refractivity contribution in [1.82, 2.24) is 20.1 Å². The summed E-state index contributed by atoms with van der Waals surface area (Å²) >= 11 is 0. The molecule has 0 saturated heterocycles. The van der Waals surface area contributed by atoms with E-state index in [1.807, 2.05) is 48.8 Å². The van der Waals surface area contributed by atoms with Crippen molar-refractivity contribution >= 4 is 0 Å². The number of nitrogens with one attached hydrogen (secondary N) is 1. The monoisotopic (exact) mass is 338 g/mol. The summed E-state index contributed by atoms with van der Waals surface area (Å²) in [4.78, 5) is 6.36. The number of methoxy groups -OCH3 is 1. The van der Waals surface area contributed by atoms with Gasteiger partial charge in [0.2, 0.25) is 0 Å². The molecule has 0 amide bonds. The second kappa shape index (κ2) is 8.30. The quantitative estimate of drug-likeness (QED) is 0.684. The highest BCUT2D eigenvalue weighted by atomic mass is 16.5. The largest absolute Gasteiger partial charge is 0.493 e. The van der Waals surface area contributed by atoms with E-state index < -0.39 is 0 Å². The van der Waals surface area contributed by atoms with Crippen LogP contribution in [-0.2, 0) is 6.54 Å². The molecule has 0 saturated carbocycles. The van der Waals surface area contributed by atoms with Crippen LogP contribution in [0.4, 0.5) is 0 Å². The number of H-pyrrole nitrogens is 1. The summed E-state index contributed by atoms with van der Waals surface area (Å²) in [7, 11) is 3.71. The van der Waals surface area contributed by atoms with Crippen molar-refractivity contribution in [1.29, 1.82) is 0 Å². The molecule has 0 radical (unpaired) electrons. The minimum absolute atomic E-state index is 0.580. The molecule has 0 aliphatic rings. The van der Waals surface area contributed by atoms with Crippen LogP contribution < -0.4 is 9.47 Å². The fraction of sp³-hybridized carbons (Fsp3) is 0.263. The van der Waals surface area contributed by atoms with E-state index in [9.17, 15) is 0 Å². The Hall–Kier alpha value is -2.86. The van der Waals surface area contributed by atoms with E-state index in [4.69, 9.17) is 9.47 Å². The van der Waals surface area contributed by atoms with Crippen LogP contribution in [0.1, 0.15) is 5.56 Å². The number of para-hydroxylation sites is 2. The number of pyridine rings is 1. The van der Waals surface area contributed by atoms with Gasteiger partial charge in [0, 0.05) is 36.6 Å². The molecule has 6 nitrogen and oxygen atoms in total. The molecule has 0 aliphatic heterocycles. The van der Waals surface area contributed by atoms with Gasteiger partial charge >= 0.3 is 0 Å². The van der Waals surface area contributed by atoms with Crippen LogP contribution in [0.15, 0.2) is 55.0 Å². The number of aromatic amines is 1. The highest BCUT2D eigenvalue weighted by molar-refractivity contribution is 5.61. The van der Waals surface area contributed by atoms with Crippen molar-refractivity contribution in [3.8, 4) is 22.8 Å². The predicted octanol–water partition coefficient (Wildman–Crippen LogP) is 2.99. The average Bonchev–Trinajstić information content (AvgIpc) is 3.11. The minimum Gasteiger partial charge on any atom is -0.493 e. The lowest BCUT2D eigenvalue weighted by molar-refractivity contribution is 0.226. The molecule has 0 bridgehead atoms. The van der Waals surface area contributed by atoms with Gasteiger partial charge < -0.3 is 9.47 Å². The van der Waals surface area contributed by atoms with Crippen LogP contribution in [0.3, 0.4) is 0 Å². The molecule has 2 heterocycles. The van der Waals surface area contributed by atoms with E-state index in [0.29, 0.717) is 6.61 Å². The molecule has 0 fully saturated rings. The molecular weight excluding hydrogens is 316 g/mol. The first-order valence-corrected chi connectivity index (χ1v) is 8.15. The lowest BCUT2D eigenvalue weighted by Crippen LogP contribution is -2.24. The number of nitrogens with zero attached hydrogens (tertiary/aromatic N) is 3. The summed E-state index contributed by atoms with van der Waals surface area (Å²) < 4.78 is 11.1. The maximum Gasteiger partial charge on any atom is 0.161 e. The van der Waals surface area contributed by atoms with Crippen molar-refractivity contribution < 1.29 is 9.47 Å². The summed E-state index contributed by atoms with van der Waals surface area (Å²) in [6, 6.07) is 11.6. The van der Waals surface area contributed by atoms with Crippen LogP contribution in [0.25, 0.3) is 11.3 Å². The molecule has 0 spiro atoms. The predicted molar refractivity (Wildman–Crippen MR) is 96.6 cm³/mol. The van der Waals surface area contributed by atoms with Crippen molar-refractivity contribution in [3.63, 3.8) is 0 Å². The Balaban J connectivity index is 1.55. The zero-order chi connectivity index (χ0) is 17.5. The van der Waals surface area contributed by atoms with E-state index in [1.165, 1.54) is 0 Å². The van der Waals surface area contributed by atoms with Gasteiger partial charge in [-0.05, 0) is 31.3 Å². The Labute approximate surface area is 147 Å². The van der Waals surface area contributed by atoms with Gasteiger partial charge in [0.05, 0.1) is 19.0 Å². The number of hydrogen-bond acceptors (Lipinski definition) is 5. The zero-order valence-corrected chi connectivity index (χ0v) is 14.5. The van der Waals surface area contributed by atoms with Gasteiger partial charge in [0.15, 0.2) is 11.5 Å². The fourth-order valence-corrected chi connectivity index (χ4v) is 2.61. The van der Waals surface area contributed by atoms with Crippen molar-refractivity contribution in [2.75, 3.05) is 27.3 Å². The molecule has 0 atom stereocenters. The van der Waals surface area contributed by atoms with Crippen molar-refractivity contribution in [2.45, 2.75) is 6.54 Å². The molecule has 3 rings (SSSR count). The van der Waals surface area contributed by atoms with Gasteiger partial charge in [-0.2, -0.15) is 5.10 Å². The number of benzene rings is 1. The molecule has 3 aromatic rings. The van der Waals surface area contributed by atoms with Gasteiger partial charge in [0.1, 0.15) is 6.61 Å². The lowest BCUT2D eigenvalue weighted by atomic mass is 10.1. The van der Waals surface area contributed by atoms with Gasteiger partial charge in [-0.15, -0.1) is 0 Å². The molecule has 2 aromatic heterocycles. The summed E-state index contributed by atoms with van der Waals surface area (Å²) in [5, 5.41) is 7.23. The second-order valence-electron chi connectivity index (χ2n) is 5.75. The van der Waals surface area contributed by atoms with E-state index in [-0.39, 0.29) is 0 Å². The van der Waals surface area contributed by atoms with E-state index in [1.54, 1.807) is 13.3 Å². The second-order valence-corrected chi connectivity index (χ2v) is 5.75. The maximum atomic E-state index is 5.83. The highest BCUT2D eigenvalue weighted by Gasteiger charge is 2.10. The molecule has 1 N–H and O–H groups in total. The maximum absolute atomic E-state index is 5.83. The molecule has 0 aliphatic carbocycles. The molecule has 0 unspecified atom stereocenters. The Kier molecular flexibility index (Phi) is 5.64. The smallest absolute Gasteiger partial charge is 0.161 e. The molecule has 1 aromatic carbocycles. The third-order valence-electron chi connectivity index (χ3n) is 3.91. The van der Waals surface area contributed by atoms with E-state index in [0.717, 1.165) is 41.4 Å². The Morgan fingerprint density at radius 1 is 1.08 bits per heavy atom. The molecule has 130 valence electrons. The first-order valence-electron chi connectivity index (χ1n) is 8.15. The highest BCUT2D eigenvalue weighted by Crippen LogP contribution is 2.25. The normalized spacial score (nSPS) is 10.8. The summed E-state index contributed by atoms with van der Waals surface area (Å²) in [5.74, 6) is 1.51. The fourth-order valence-electron chi connectivity index (χ4n) is 2.61. The molecular formula is C19H22N4O2. The Morgan fingerprint density at radius 2 is 1.92 bits per heavy atom. The van der Waals surface area contributed by atoms with Gasteiger partial charge in [-0.25, -0.2) is 0 Å². The van der Waals surface area contributed by atoms with Crippen molar-refractivity contribution in [3.05, 3.63) is 60.6 Å². The lowest BCUT2D eigenvalue weighted by Gasteiger charge is -2.17. The van der Waals surface area contributed by atoms with Crippen LogP contribution in [-0.4, -0.2) is 47.4 Å². The van der Waals surface area contributed by atoms with Gasteiger partial charge in [-0.1, -0.05) is 12.1 Å². The first-order chi connectivity index (χ1) is 12.3. The number of aromatic nitrogens is 3. The standard InChI is InChI=1S/C19H22N4O2/c1-23(10-11-25-18-8-4-3-7-17(18)24-2)14-16-13-21-22-19(16)15-6-5-9-20-12-15/h3-9,12-13H,10-11,14H2,1-2H3,(H,21,22). The van der Waals surface area contributed by atoms with E-state index >= 15 is 0 Å². The van der Waals surface area contributed by atoms with Gasteiger partial charge in [-0.3, -0.25) is 15.0 Å². The SMILES string of the molecule is COc1ccccc1OCCN(C)Cc1cn[nH]c1-c1cccnc1. The van der Waals surface area contributed by atoms with Crippen LogP contribution in [0.5, 0.6) is 11.5 Å². The number of ether oxygens (including phenoxy) is 2. The zero-order valence-electron chi connectivity index (χ0n) is 14.5. The summed E-state index contributed by atoms with van der Waals surface area (Å²) in [6.45, 7) is 2.14. The van der Waals surface area contributed by atoms with Gasteiger partial charge in [0.25, 0.3) is 0 Å². The average molecular weight is 338 g/mol. The van der Waals surface area contributed by atoms with Crippen LogP contribution in [0, 0.1) is 0 Å². The molecule has 25 heavy (non-hydrogen) atoms. The van der Waals surface area contributed by atoms with E-state index in [2.05, 4.69) is 27.1 Å².